The average Bonchev–Trinajstić information content (AvgIpc) is 2.48. The number of hydrogen-bond acceptors (Lipinski definition) is 4. The number of nitro benzene ring substituents is 1. The molecule has 0 aliphatic heterocycles. The Labute approximate surface area is 139 Å². The van der Waals surface area contributed by atoms with Crippen LogP contribution in [-0.4, -0.2) is 9.91 Å². The van der Waals surface area contributed by atoms with Gasteiger partial charge in [0, 0.05) is 40.1 Å². The van der Waals surface area contributed by atoms with Crippen LogP contribution >= 0.6 is 27.5 Å². The van der Waals surface area contributed by atoms with Crippen molar-refractivity contribution in [2.45, 2.75) is 0 Å². The number of nitrogens with one attached hydrogen (secondary N) is 1. The number of fused-ring (bicyclic) bond motifs is 1. The first kappa shape index (κ1) is 14.7. The number of anilines is 2. The van der Waals surface area contributed by atoms with Gasteiger partial charge in [-0.15, -0.1) is 0 Å². The van der Waals surface area contributed by atoms with E-state index in [-0.39, 0.29) is 5.69 Å². The highest BCUT2D eigenvalue weighted by Crippen LogP contribution is 2.33. The minimum absolute atomic E-state index is 0.00141. The summed E-state index contributed by atoms with van der Waals surface area (Å²) in [4.78, 5) is 14.9. The number of halogens is 2. The maximum Gasteiger partial charge on any atom is 0.271 e. The molecule has 3 aromatic rings. The molecule has 0 atom stereocenters. The number of nitrogens with zero attached hydrogens (tertiary/aromatic N) is 2. The fourth-order valence-corrected chi connectivity index (χ4v) is 2.87. The summed E-state index contributed by atoms with van der Waals surface area (Å²) in [6, 6.07) is 12.0. The molecule has 1 heterocycles. The van der Waals surface area contributed by atoms with Crippen molar-refractivity contribution < 1.29 is 4.92 Å². The topological polar surface area (TPSA) is 68.1 Å². The molecular formula is C15H9BrClN3O2. The Morgan fingerprint density at radius 2 is 2.05 bits per heavy atom. The highest BCUT2D eigenvalue weighted by atomic mass is 79.9. The first-order valence-corrected chi connectivity index (χ1v) is 7.47. The molecule has 22 heavy (non-hydrogen) atoms. The quantitative estimate of drug-likeness (QED) is 0.496. The third kappa shape index (κ3) is 2.88. The van der Waals surface area contributed by atoms with Crippen molar-refractivity contribution in [3.05, 3.63) is 68.3 Å². The molecule has 2 aromatic carbocycles. The Bertz CT molecular complexity index is 886. The SMILES string of the molecule is O=[N+]([O-])c1cc(Br)c2nccc(Nc3cccc(Cl)c3)c2c1. The normalized spacial score (nSPS) is 10.6. The Kier molecular flexibility index (Phi) is 3.96. The summed E-state index contributed by atoms with van der Waals surface area (Å²) in [5.74, 6) is 0. The molecule has 0 saturated heterocycles. The van der Waals surface area contributed by atoms with Gasteiger partial charge in [0.2, 0.25) is 0 Å². The molecule has 7 heteroatoms. The summed E-state index contributed by atoms with van der Waals surface area (Å²) in [5.41, 5.74) is 2.17. The summed E-state index contributed by atoms with van der Waals surface area (Å²) in [6.45, 7) is 0. The first-order chi connectivity index (χ1) is 10.5. The Morgan fingerprint density at radius 3 is 2.77 bits per heavy atom. The van der Waals surface area contributed by atoms with Crippen molar-refractivity contribution in [3.8, 4) is 0 Å². The van der Waals surface area contributed by atoms with Crippen LogP contribution in [0.1, 0.15) is 0 Å². The van der Waals surface area contributed by atoms with E-state index in [4.69, 9.17) is 11.6 Å². The van der Waals surface area contributed by atoms with E-state index in [1.807, 2.05) is 12.1 Å². The van der Waals surface area contributed by atoms with E-state index >= 15 is 0 Å². The third-order valence-electron chi connectivity index (χ3n) is 3.10. The van der Waals surface area contributed by atoms with E-state index < -0.39 is 4.92 Å². The van der Waals surface area contributed by atoms with Crippen molar-refractivity contribution >= 4 is 55.5 Å². The molecular weight excluding hydrogens is 370 g/mol. The van der Waals surface area contributed by atoms with Gasteiger partial charge >= 0.3 is 0 Å². The van der Waals surface area contributed by atoms with Gasteiger partial charge in [-0.05, 0) is 40.2 Å². The highest BCUT2D eigenvalue weighted by Gasteiger charge is 2.13. The van der Waals surface area contributed by atoms with Gasteiger partial charge in [-0.2, -0.15) is 0 Å². The highest BCUT2D eigenvalue weighted by molar-refractivity contribution is 9.10. The zero-order chi connectivity index (χ0) is 15.7. The summed E-state index contributed by atoms with van der Waals surface area (Å²) in [5, 5.41) is 15.5. The van der Waals surface area contributed by atoms with Crippen LogP contribution in [-0.2, 0) is 0 Å². The van der Waals surface area contributed by atoms with Gasteiger partial charge in [0.15, 0.2) is 0 Å². The maximum absolute atomic E-state index is 11.0. The van der Waals surface area contributed by atoms with E-state index in [2.05, 4.69) is 26.2 Å². The van der Waals surface area contributed by atoms with Crippen LogP contribution in [0.3, 0.4) is 0 Å². The van der Waals surface area contributed by atoms with Gasteiger partial charge in [-0.25, -0.2) is 0 Å². The second-order valence-corrected chi connectivity index (χ2v) is 5.87. The molecule has 0 bridgehead atoms. The Hall–Kier alpha value is -2.18. The lowest BCUT2D eigenvalue weighted by Crippen LogP contribution is -1.95. The molecule has 1 N–H and O–H groups in total. The van der Waals surface area contributed by atoms with Crippen LogP contribution in [0.15, 0.2) is 53.1 Å². The number of benzene rings is 2. The Balaban J connectivity index is 2.15. The second-order valence-electron chi connectivity index (χ2n) is 4.57. The molecule has 0 fully saturated rings. The average molecular weight is 379 g/mol. The second kappa shape index (κ2) is 5.90. The van der Waals surface area contributed by atoms with Gasteiger partial charge in [0.05, 0.1) is 14.9 Å². The molecule has 0 amide bonds. The Morgan fingerprint density at radius 1 is 1.23 bits per heavy atom. The lowest BCUT2D eigenvalue weighted by Gasteiger charge is -2.10. The molecule has 0 aliphatic carbocycles. The lowest BCUT2D eigenvalue weighted by atomic mass is 10.1. The van der Waals surface area contributed by atoms with Gasteiger partial charge in [-0.3, -0.25) is 15.1 Å². The van der Waals surface area contributed by atoms with Gasteiger partial charge in [0.25, 0.3) is 5.69 Å². The molecule has 5 nitrogen and oxygen atoms in total. The number of aromatic nitrogens is 1. The minimum atomic E-state index is -0.430. The van der Waals surface area contributed by atoms with E-state index in [0.717, 1.165) is 11.4 Å². The molecule has 0 radical (unpaired) electrons. The smallest absolute Gasteiger partial charge is 0.271 e. The van der Waals surface area contributed by atoms with E-state index in [1.54, 1.807) is 24.4 Å². The first-order valence-electron chi connectivity index (χ1n) is 6.30. The van der Waals surface area contributed by atoms with Crippen LogP contribution in [0.5, 0.6) is 0 Å². The maximum atomic E-state index is 11.0. The van der Waals surface area contributed by atoms with Crippen molar-refractivity contribution in [1.82, 2.24) is 4.98 Å². The fraction of sp³-hybridized carbons (Fsp3) is 0. The largest absolute Gasteiger partial charge is 0.355 e. The van der Waals surface area contributed by atoms with E-state index in [0.29, 0.717) is 20.4 Å². The van der Waals surface area contributed by atoms with Crippen LogP contribution in [0.2, 0.25) is 5.02 Å². The van der Waals surface area contributed by atoms with Crippen molar-refractivity contribution in [3.63, 3.8) is 0 Å². The number of nitro groups is 1. The summed E-state index contributed by atoms with van der Waals surface area (Å²) < 4.78 is 0.575. The van der Waals surface area contributed by atoms with E-state index in [9.17, 15) is 10.1 Å². The summed E-state index contributed by atoms with van der Waals surface area (Å²) in [6.07, 6.45) is 1.64. The van der Waals surface area contributed by atoms with Crippen LogP contribution in [0.25, 0.3) is 10.9 Å². The van der Waals surface area contributed by atoms with Gasteiger partial charge in [0.1, 0.15) is 0 Å². The number of non-ortho nitro benzene ring substituents is 1. The zero-order valence-corrected chi connectivity index (χ0v) is 13.4. The molecule has 3 rings (SSSR count). The van der Waals surface area contributed by atoms with Crippen LogP contribution in [0.4, 0.5) is 17.1 Å². The van der Waals surface area contributed by atoms with Gasteiger partial charge < -0.3 is 5.32 Å². The molecule has 0 saturated carbocycles. The standard InChI is InChI=1S/C15H9BrClN3O2/c16-13-8-11(20(21)22)7-12-14(4-5-18-15(12)13)19-10-3-1-2-9(17)6-10/h1-8H,(H,18,19). The molecule has 0 aliphatic rings. The summed E-state index contributed by atoms with van der Waals surface area (Å²) >= 11 is 9.30. The van der Waals surface area contributed by atoms with Crippen molar-refractivity contribution in [2.75, 3.05) is 5.32 Å². The van der Waals surface area contributed by atoms with Crippen molar-refractivity contribution in [1.29, 1.82) is 0 Å². The molecule has 110 valence electrons. The number of hydrogen-bond donors (Lipinski definition) is 1. The lowest BCUT2D eigenvalue weighted by molar-refractivity contribution is -0.384. The minimum Gasteiger partial charge on any atom is -0.355 e. The van der Waals surface area contributed by atoms with Crippen LogP contribution in [0, 0.1) is 10.1 Å². The predicted octanol–water partition coefficient (Wildman–Crippen LogP) is 5.30. The third-order valence-corrected chi connectivity index (χ3v) is 3.94. The zero-order valence-electron chi connectivity index (χ0n) is 11.1. The van der Waals surface area contributed by atoms with E-state index in [1.165, 1.54) is 12.1 Å². The molecule has 0 spiro atoms. The van der Waals surface area contributed by atoms with Crippen molar-refractivity contribution in [2.24, 2.45) is 0 Å². The fourth-order valence-electron chi connectivity index (χ4n) is 2.13. The number of pyridine rings is 1. The predicted molar refractivity (Wildman–Crippen MR) is 90.8 cm³/mol. The molecule has 1 aromatic heterocycles. The monoisotopic (exact) mass is 377 g/mol. The number of rotatable bonds is 3. The summed E-state index contributed by atoms with van der Waals surface area (Å²) in [7, 11) is 0. The van der Waals surface area contributed by atoms with Crippen LogP contribution < -0.4 is 5.32 Å². The van der Waals surface area contributed by atoms with Gasteiger partial charge in [-0.1, -0.05) is 17.7 Å². The molecule has 0 unspecified atom stereocenters.